The Kier molecular flexibility index (Phi) is 5.08. The Morgan fingerprint density at radius 2 is 1.79 bits per heavy atom. The SMILES string of the molecule is CNC(CC(C)C(C)(C)C)c1c(F)ccc(C)c1F. The summed E-state index contributed by atoms with van der Waals surface area (Å²) in [6, 6.07) is 2.53. The Morgan fingerprint density at radius 3 is 2.26 bits per heavy atom. The summed E-state index contributed by atoms with van der Waals surface area (Å²) in [6.07, 6.45) is 0.706. The Hall–Kier alpha value is -0.960. The first-order chi connectivity index (χ1) is 8.68. The number of halogens is 2. The van der Waals surface area contributed by atoms with Crippen LogP contribution in [0.3, 0.4) is 0 Å². The van der Waals surface area contributed by atoms with Crippen LogP contribution < -0.4 is 5.32 Å². The summed E-state index contributed by atoms with van der Waals surface area (Å²) in [6.45, 7) is 10.2. The fourth-order valence-electron chi connectivity index (χ4n) is 2.08. The lowest BCUT2D eigenvalue weighted by atomic mass is 9.77. The van der Waals surface area contributed by atoms with Crippen molar-refractivity contribution in [1.29, 1.82) is 0 Å². The number of benzene rings is 1. The molecule has 2 atom stereocenters. The van der Waals surface area contributed by atoms with Crippen LogP contribution in [0.15, 0.2) is 12.1 Å². The van der Waals surface area contributed by atoms with Gasteiger partial charge in [0.05, 0.1) is 0 Å². The molecule has 0 spiro atoms. The molecule has 1 nitrogen and oxygen atoms in total. The van der Waals surface area contributed by atoms with Gasteiger partial charge in [0.25, 0.3) is 0 Å². The maximum Gasteiger partial charge on any atom is 0.133 e. The summed E-state index contributed by atoms with van der Waals surface area (Å²) in [5.41, 5.74) is 0.768. The Morgan fingerprint density at radius 1 is 1.21 bits per heavy atom. The first-order valence-corrected chi connectivity index (χ1v) is 6.80. The van der Waals surface area contributed by atoms with Crippen molar-refractivity contribution in [3.8, 4) is 0 Å². The van der Waals surface area contributed by atoms with Crippen molar-refractivity contribution in [1.82, 2.24) is 5.32 Å². The highest BCUT2D eigenvalue weighted by molar-refractivity contribution is 5.29. The predicted molar refractivity (Wildman–Crippen MR) is 76.1 cm³/mol. The highest BCUT2D eigenvalue weighted by Crippen LogP contribution is 2.35. The zero-order chi connectivity index (χ0) is 14.8. The Labute approximate surface area is 115 Å². The Bertz CT molecular complexity index is 435. The van der Waals surface area contributed by atoms with Crippen LogP contribution in [0.4, 0.5) is 8.78 Å². The smallest absolute Gasteiger partial charge is 0.133 e. The van der Waals surface area contributed by atoms with Crippen molar-refractivity contribution in [2.24, 2.45) is 11.3 Å². The van der Waals surface area contributed by atoms with E-state index in [-0.39, 0.29) is 17.0 Å². The van der Waals surface area contributed by atoms with E-state index in [1.165, 1.54) is 12.1 Å². The zero-order valence-electron chi connectivity index (χ0n) is 12.8. The molecule has 0 saturated carbocycles. The summed E-state index contributed by atoms with van der Waals surface area (Å²) in [7, 11) is 1.75. The second-order valence-corrected chi connectivity index (χ2v) is 6.44. The van der Waals surface area contributed by atoms with E-state index >= 15 is 0 Å². The van der Waals surface area contributed by atoms with Gasteiger partial charge in [-0.25, -0.2) is 8.78 Å². The van der Waals surface area contributed by atoms with Gasteiger partial charge in [-0.15, -0.1) is 0 Å². The normalized spacial score (nSPS) is 15.4. The van der Waals surface area contributed by atoms with Gasteiger partial charge in [0, 0.05) is 11.6 Å². The van der Waals surface area contributed by atoms with Crippen LogP contribution in [-0.2, 0) is 0 Å². The molecular weight excluding hydrogens is 244 g/mol. The highest BCUT2D eigenvalue weighted by atomic mass is 19.1. The highest BCUT2D eigenvalue weighted by Gasteiger charge is 2.27. The minimum Gasteiger partial charge on any atom is -0.313 e. The lowest BCUT2D eigenvalue weighted by Gasteiger charge is -2.31. The molecule has 0 fully saturated rings. The van der Waals surface area contributed by atoms with Crippen LogP contribution >= 0.6 is 0 Å². The molecule has 0 bridgehead atoms. The van der Waals surface area contributed by atoms with Crippen molar-refractivity contribution in [3.63, 3.8) is 0 Å². The molecule has 0 aliphatic rings. The van der Waals surface area contributed by atoms with E-state index in [1.54, 1.807) is 14.0 Å². The molecule has 0 amide bonds. The third-order valence-electron chi connectivity index (χ3n) is 4.08. The maximum atomic E-state index is 14.2. The minimum atomic E-state index is -0.469. The third-order valence-corrected chi connectivity index (χ3v) is 4.08. The maximum absolute atomic E-state index is 14.2. The van der Waals surface area contributed by atoms with E-state index in [4.69, 9.17) is 0 Å². The average molecular weight is 269 g/mol. The lowest BCUT2D eigenvalue weighted by molar-refractivity contribution is 0.223. The van der Waals surface area contributed by atoms with Crippen molar-refractivity contribution in [3.05, 3.63) is 34.9 Å². The van der Waals surface area contributed by atoms with Crippen LogP contribution in [0.2, 0.25) is 0 Å². The summed E-state index contributed by atoms with van der Waals surface area (Å²) in [5.74, 6) is -0.548. The van der Waals surface area contributed by atoms with E-state index in [9.17, 15) is 8.78 Å². The fourth-order valence-corrected chi connectivity index (χ4v) is 2.08. The summed E-state index contributed by atoms with van der Waals surface area (Å²) in [4.78, 5) is 0. The van der Waals surface area contributed by atoms with Crippen molar-refractivity contribution in [2.45, 2.75) is 47.1 Å². The van der Waals surface area contributed by atoms with Gasteiger partial charge < -0.3 is 5.32 Å². The molecule has 19 heavy (non-hydrogen) atoms. The topological polar surface area (TPSA) is 12.0 Å². The molecule has 1 N–H and O–H groups in total. The number of aryl methyl sites for hydroxylation is 1. The van der Waals surface area contributed by atoms with Crippen LogP contribution in [-0.4, -0.2) is 7.05 Å². The lowest BCUT2D eigenvalue weighted by Crippen LogP contribution is -2.27. The third kappa shape index (κ3) is 3.75. The molecule has 1 aromatic rings. The van der Waals surface area contributed by atoms with Crippen LogP contribution in [0.1, 0.15) is 51.3 Å². The predicted octanol–water partition coefficient (Wildman–Crippen LogP) is 4.61. The van der Waals surface area contributed by atoms with Gasteiger partial charge in [-0.05, 0) is 43.4 Å². The van der Waals surface area contributed by atoms with E-state index in [1.807, 2.05) is 0 Å². The number of hydrogen-bond donors (Lipinski definition) is 1. The molecule has 1 aromatic carbocycles. The second kappa shape index (κ2) is 6.00. The molecule has 0 radical (unpaired) electrons. The summed E-state index contributed by atoms with van der Waals surface area (Å²) >= 11 is 0. The second-order valence-electron chi connectivity index (χ2n) is 6.44. The summed E-state index contributed by atoms with van der Waals surface area (Å²) in [5, 5.41) is 3.05. The van der Waals surface area contributed by atoms with Gasteiger partial charge in [0.15, 0.2) is 0 Å². The number of nitrogens with one attached hydrogen (secondary N) is 1. The van der Waals surface area contributed by atoms with Crippen LogP contribution in [0.5, 0.6) is 0 Å². The van der Waals surface area contributed by atoms with Gasteiger partial charge >= 0.3 is 0 Å². The zero-order valence-corrected chi connectivity index (χ0v) is 12.8. The van der Waals surface area contributed by atoms with Crippen LogP contribution in [0, 0.1) is 29.9 Å². The van der Waals surface area contributed by atoms with E-state index in [0.717, 1.165) is 0 Å². The molecule has 0 aromatic heterocycles. The summed E-state index contributed by atoms with van der Waals surface area (Å²) < 4.78 is 28.1. The van der Waals surface area contributed by atoms with Gasteiger partial charge in [-0.3, -0.25) is 0 Å². The molecule has 3 heteroatoms. The van der Waals surface area contributed by atoms with Crippen molar-refractivity contribution < 1.29 is 8.78 Å². The largest absolute Gasteiger partial charge is 0.313 e. The van der Waals surface area contributed by atoms with E-state index in [0.29, 0.717) is 17.9 Å². The van der Waals surface area contributed by atoms with Gasteiger partial charge in [0.1, 0.15) is 11.6 Å². The Balaban J connectivity index is 3.08. The molecule has 0 heterocycles. The van der Waals surface area contributed by atoms with Crippen molar-refractivity contribution in [2.75, 3.05) is 7.05 Å². The first-order valence-electron chi connectivity index (χ1n) is 6.80. The standard InChI is InChI=1S/C16H25F2N/c1-10-7-8-12(17)14(15(10)18)13(19-6)9-11(2)16(3,4)5/h7-8,11,13,19H,9H2,1-6H3. The monoisotopic (exact) mass is 269 g/mol. The molecule has 2 unspecified atom stereocenters. The van der Waals surface area contributed by atoms with Gasteiger partial charge in [0.2, 0.25) is 0 Å². The average Bonchev–Trinajstić information content (AvgIpc) is 2.31. The molecule has 1 rings (SSSR count). The minimum absolute atomic E-state index is 0.117. The fraction of sp³-hybridized carbons (Fsp3) is 0.625. The van der Waals surface area contributed by atoms with E-state index in [2.05, 4.69) is 33.0 Å². The van der Waals surface area contributed by atoms with Gasteiger partial charge in [-0.1, -0.05) is 33.8 Å². The quantitative estimate of drug-likeness (QED) is 0.842. The van der Waals surface area contributed by atoms with Crippen molar-refractivity contribution >= 4 is 0 Å². The molecule has 0 aliphatic heterocycles. The van der Waals surface area contributed by atoms with E-state index < -0.39 is 11.6 Å². The molecule has 0 saturated heterocycles. The number of hydrogen-bond acceptors (Lipinski definition) is 1. The molecule has 0 aliphatic carbocycles. The van der Waals surface area contributed by atoms with Crippen LogP contribution in [0.25, 0.3) is 0 Å². The molecule has 108 valence electrons. The van der Waals surface area contributed by atoms with Gasteiger partial charge in [-0.2, -0.15) is 0 Å². The number of rotatable bonds is 4. The first kappa shape index (κ1) is 16.1. The molecular formula is C16H25F2N.